The topological polar surface area (TPSA) is 25.8 Å². The van der Waals surface area contributed by atoms with Crippen molar-refractivity contribution in [2.75, 3.05) is 12.5 Å². The third-order valence-corrected chi connectivity index (χ3v) is 14.9. The Balaban J connectivity index is 1.10. The van der Waals surface area contributed by atoms with Crippen LogP contribution in [-0.4, -0.2) is 22.5 Å². The van der Waals surface area contributed by atoms with Crippen LogP contribution in [0.5, 0.6) is 0 Å². The first-order valence-corrected chi connectivity index (χ1v) is 21.7. The second kappa shape index (κ2) is 12.5. The zero-order valence-corrected chi connectivity index (χ0v) is 32.1. The van der Waals surface area contributed by atoms with Crippen molar-refractivity contribution in [3.8, 4) is 56.0 Å². The predicted octanol–water partition coefficient (Wildman–Crippen LogP) is 13.5. The molecule has 2 nitrogen and oxygen atoms in total. The minimum Gasteiger partial charge on any atom is -0.227 e. The lowest BCUT2D eigenvalue weighted by Crippen LogP contribution is -2.28. The van der Waals surface area contributed by atoms with Crippen LogP contribution in [0.3, 0.4) is 0 Å². The minimum atomic E-state index is -1.18. The molecule has 0 N–H and O–H groups in total. The molecule has 1 aromatic heterocycles. The van der Waals surface area contributed by atoms with Gasteiger partial charge in [0.1, 0.15) is 0 Å². The Hall–Kier alpha value is -6.55. The SMILES string of the molecule is CS1(C)c2ccccc2-c2c1ccc1c(-c3ccccc3)nc(-c3cccc(-c4ccc5c(c4)-c4ccccc4C5(c4ccccc4)c4ccccc4)c3)nc21. The number of fused-ring (bicyclic) bond motifs is 8. The normalized spacial score (nSPS) is 14.8. The first-order chi connectivity index (χ1) is 27.5. The van der Waals surface area contributed by atoms with Crippen LogP contribution in [0.2, 0.25) is 0 Å². The van der Waals surface area contributed by atoms with Crippen LogP contribution < -0.4 is 0 Å². The zero-order valence-electron chi connectivity index (χ0n) is 31.3. The van der Waals surface area contributed by atoms with Crippen molar-refractivity contribution in [1.82, 2.24) is 9.97 Å². The average molecular weight is 735 g/mol. The molecule has 0 atom stereocenters. The van der Waals surface area contributed by atoms with E-state index in [0.717, 1.165) is 39.1 Å². The summed E-state index contributed by atoms with van der Waals surface area (Å²) in [6.07, 6.45) is 4.82. The van der Waals surface area contributed by atoms with Gasteiger partial charge in [-0.25, -0.2) is 9.97 Å². The van der Waals surface area contributed by atoms with Crippen molar-refractivity contribution in [3.05, 3.63) is 216 Å². The van der Waals surface area contributed by atoms with Crippen molar-refractivity contribution in [2.24, 2.45) is 0 Å². The van der Waals surface area contributed by atoms with E-state index in [1.807, 2.05) is 0 Å². The van der Waals surface area contributed by atoms with E-state index in [9.17, 15) is 0 Å². The quantitative estimate of drug-likeness (QED) is 0.176. The molecule has 9 aromatic rings. The first kappa shape index (κ1) is 32.8. The van der Waals surface area contributed by atoms with Gasteiger partial charge in [0.05, 0.1) is 16.6 Å². The molecule has 0 unspecified atom stereocenters. The van der Waals surface area contributed by atoms with Gasteiger partial charge in [-0.15, -0.1) is 0 Å². The van der Waals surface area contributed by atoms with Gasteiger partial charge in [-0.3, -0.25) is 0 Å². The molecule has 0 saturated carbocycles. The lowest BCUT2D eigenvalue weighted by Gasteiger charge is -2.33. The molecule has 8 aromatic carbocycles. The summed E-state index contributed by atoms with van der Waals surface area (Å²) in [7, 11) is -1.18. The molecule has 0 amide bonds. The van der Waals surface area contributed by atoms with Crippen LogP contribution in [0.25, 0.3) is 66.9 Å². The summed E-state index contributed by atoms with van der Waals surface area (Å²) in [5, 5.41) is 1.08. The van der Waals surface area contributed by atoms with Crippen LogP contribution in [0.1, 0.15) is 22.3 Å². The number of benzene rings is 8. The number of hydrogen-bond donors (Lipinski definition) is 0. The molecule has 0 spiro atoms. The third-order valence-electron chi connectivity index (χ3n) is 12.0. The van der Waals surface area contributed by atoms with Gasteiger partial charge in [-0.05, 0) is 92.9 Å². The summed E-state index contributed by atoms with van der Waals surface area (Å²) >= 11 is 0. The van der Waals surface area contributed by atoms with Crippen LogP contribution in [0, 0.1) is 0 Å². The molecule has 11 rings (SSSR count). The van der Waals surface area contributed by atoms with Crippen LogP contribution >= 0.6 is 10.0 Å². The zero-order chi connectivity index (χ0) is 37.4. The molecule has 0 bridgehead atoms. The summed E-state index contributed by atoms with van der Waals surface area (Å²) in [4.78, 5) is 13.7. The van der Waals surface area contributed by atoms with Crippen molar-refractivity contribution in [3.63, 3.8) is 0 Å². The maximum Gasteiger partial charge on any atom is 0.160 e. The largest absolute Gasteiger partial charge is 0.227 e. The van der Waals surface area contributed by atoms with Gasteiger partial charge < -0.3 is 0 Å². The minimum absolute atomic E-state index is 0.420. The fraction of sp³-hybridized carbons (Fsp3) is 0.0566. The van der Waals surface area contributed by atoms with E-state index < -0.39 is 15.4 Å². The van der Waals surface area contributed by atoms with Gasteiger partial charge in [0.25, 0.3) is 0 Å². The smallest absolute Gasteiger partial charge is 0.160 e. The Bertz CT molecular complexity index is 2950. The Kier molecular flexibility index (Phi) is 7.33. The Morgan fingerprint density at radius 3 is 1.75 bits per heavy atom. The lowest BCUT2D eigenvalue weighted by atomic mass is 9.67. The fourth-order valence-electron chi connectivity index (χ4n) is 9.51. The molecule has 0 saturated heterocycles. The highest BCUT2D eigenvalue weighted by Crippen LogP contribution is 2.68. The second-order valence-corrected chi connectivity index (χ2v) is 18.8. The molecule has 0 radical (unpaired) electrons. The molecular weight excluding hydrogens is 697 g/mol. The Morgan fingerprint density at radius 2 is 1.00 bits per heavy atom. The molecular formula is C53H38N2S. The van der Waals surface area contributed by atoms with Crippen LogP contribution in [0.4, 0.5) is 0 Å². The van der Waals surface area contributed by atoms with E-state index in [1.165, 1.54) is 59.9 Å². The fourth-order valence-corrected chi connectivity index (χ4v) is 12.0. The van der Waals surface area contributed by atoms with Gasteiger partial charge in [0, 0.05) is 31.9 Å². The molecule has 2 heterocycles. The maximum atomic E-state index is 5.48. The van der Waals surface area contributed by atoms with Crippen LogP contribution in [0.15, 0.2) is 204 Å². The molecule has 2 aliphatic rings. The van der Waals surface area contributed by atoms with E-state index in [1.54, 1.807) is 0 Å². The monoisotopic (exact) mass is 734 g/mol. The average Bonchev–Trinajstić information content (AvgIpc) is 3.70. The number of nitrogens with zero attached hydrogens (tertiary/aromatic N) is 2. The molecule has 56 heavy (non-hydrogen) atoms. The van der Waals surface area contributed by atoms with E-state index in [2.05, 4.69) is 207 Å². The van der Waals surface area contributed by atoms with Gasteiger partial charge >= 0.3 is 0 Å². The van der Waals surface area contributed by atoms with Gasteiger partial charge in [0.2, 0.25) is 0 Å². The van der Waals surface area contributed by atoms with Gasteiger partial charge in [-0.1, -0.05) is 164 Å². The third kappa shape index (κ3) is 4.71. The van der Waals surface area contributed by atoms with Gasteiger partial charge in [0.15, 0.2) is 5.82 Å². The highest BCUT2D eigenvalue weighted by atomic mass is 32.3. The van der Waals surface area contributed by atoms with Crippen LogP contribution in [-0.2, 0) is 5.41 Å². The molecule has 0 fully saturated rings. The van der Waals surface area contributed by atoms with Crippen molar-refractivity contribution in [2.45, 2.75) is 15.2 Å². The highest BCUT2D eigenvalue weighted by molar-refractivity contribution is 8.33. The molecule has 1 aliphatic carbocycles. The molecule has 3 heteroatoms. The maximum absolute atomic E-state index is 5.48. The molecule has 266 valence electrons. The summed E-state index contributed by atoms with van der Waals surface area (Å²) in [6.45, 7) is 0. The summed E-state index contributed by atoms with van der Waals surface area (Å²) in [5.41, 5.74) is 16.2. The Morgan fingerprint density at radius 1 is 0.411 bits per heavy atom. The lowest BCUT2D eigenvalue weighted by molar-refractivity contribution is 0.768. The standard InChI is InChI=1S/C53H38N2S/c1-56(2)47-28-15-13-26-42(47)49-48(56)32-30-43-50(35-17-6-3-7-18-35)54-52(55-51(43)49)38-20-16-19-36(33-38)37-29-31-46-44(34-37)41-25-12-14-27-45(41)53(46,39-21-8-4-9-22-39)40-23-10-5-11-24-40/h3-34H,1-2H3. The first-order valence-electron chi connectivity index (χ1n) is 19.2. The van der Waals surface area contributed by atoms with E-state index in [0.29, 0.717) is 0 Å². The Labute approximate surface area is 329 Å². The highest BCUT2D eigenvalue weighted by Gasteiger charge is 2.46. The van der Waals surface area contributed by atoms with Crippen molar-refractivity contribution in [1.29, 1.82) is 0 Å². The van der Waals surface area contributed by atoms with E-state index in [-0.39, 0.29) is 0 Å². The predicted molar refractivity (Wildman–Crippen MR) is 235 cm³/mol. The summed E-state index contributed by atoms with van der Waals surface area (Å²) < 4.78 is 0. The number of hydrogen-bond acceptors (Lipinski definition) is 2. The van der Waals surface area contributed by atoms with Crippen molar-refractivity contribution < 1.29 is 0 Å². The van der Waals surface area contributed by atoms with Crippen molar-refractivity contribution >= 4 is 20.9 Å². The number of rotatable bonds is 5. The summed E-state index contributed by atoms with van der Waals surface area (Å²) in [6, 6.07) is 70.8. The van der Waals surface area contributed by atoms with E-state index >= 15 is 0 Å². The molecule has 1 aliphatic heterocycles. The number of aromatic nitrogens is 2. The van der Waals surface area contributed by atoms with E-state index in [4.69, 9.17) is 9.97 Å². The van der Waals surface area contributed by atoms with Gasteiger partial charge in [-0.2, -0.15) is 10.0 Å². The second-order valence-electron chi connectivity index (χ2n) is 15.3. The summed E-state index contributed by atoms with van der Waals surface area (Å²) in [5.74, 6) is 0.738.